The van der Waals surface area contributed by atoms with Gasteiger partial charge in [-0.3, -0.25) is 14.0 Å². The van der Waals surface area contributed by atoms with Crippen LogP contribution in [0.4, 0.5) is 5.69 Å². The third-order valence-electron chi connectivity index (χ3n) is 3.89. The van der Waals surface area contributed by atoms with Gasteiger partial charge in [0.15, 0.2) is 0 Å². The van der Waals surface area contributed by atoms with Gasteiger partial charge in [0.05, 0.1) is 10.7 Å². The van der Waals surface area contributed by atoms with E-state index in [0.717, 1.165) is 16.3 Å². The fourth-order valence-electron chi connectivity index (χ4n) is 2.63. The minimum absolute atomic E-state index is 0.0106. The number of benzene rings is 1. The maximum absolute atomic E-state index is 12.6. The van der Waals surface area contributed by atoms with Gasteiger partial charge in [-0.25, -0.2) is 9.97 Å². The SMILES string of the molecule is Cc1nc(-c2cccc(NC(=O)c3cnc4ccccn4c3=O)c2)cs1. The molecule has 7 heteroatoms. The van der Waals surface area contributed by atoms with Crippen molar-refractivity contribution < 1.29 is 4.79 Å². The fourth-order valence-corrected chi connectivity index (χ4v) is 3.26. The van der Waals surface area contributed by atoms with Crippen LogP contribution in [0.1, 0.15) is 15.4 Å². The monoisotopic (exact) mass is 362 g/mol. The highest BCUT2D eigenvalue weighted by Gasteiger charge is 2.14. The minimum atomic E-state index is -0.493. The number of nitrogens with zero attached hydrogens (tertiary/aromatic N) is 3. The summed E-state index contributed by atoms with van der Waals surface area (Å²) in [5, 5.41) is 5.71. The van der Waals surface area contributed by atoms with E-state index >= 15 is 0 Å². The van der Waals surface area contributed by atoms with Crippen molar-refractivity contribution in [1.82, 2.24) is 14.4 Å². The van der Waals surface area contributed by atoms with Crippen molar-refractivity contribution in [2.75, 3.05) is 5.32 Å². The molecule has 0 atom stereocenters. The van der Waals surface area contributed by atoms with Crippen LogP contribution in [0.15, 0.2) is 65.0 Å². The third kappa shape index (κ3) is 3.00. The first-order valence-electron chi connectivity index (χ1n) is 7.92. The van der Waals surface area contributed by atoms with Crippen molar-refractivity contribution in [1.29, 1.82) is 0 Å². The molecule has 1 amide bonds. The number of nitrogens with one attached hydrogen (secondary N) is 1. The zero-order valence-corrected chi connectivity index (χ0v) is 14.7. The molecule has 1 N–H and O–H groups in total. The molecule has 0 aliphatic carbocycles. The molecule has 0 radical (unpaired) electrons. The van der Waals surface area contributed by atoms with Gasteiger partial charge in [-0.15, -0.1) is 11.3 Å². The lowest BCUT2D eigenvalue weighted by Gasteiger charge is -2.07. The second kappa shape index (κ2) is 6.53. The zero-order chi connectivity index (χ0) is 18.1. The number of hydrogen-bond donors (Lipinski definition) is 1. The smallest absolute Gasteiger partial charge is 0.270 e. The molecule has 3 aromatic heterocycles. The molecule has 0 saturated carbocycles. The van der Waals surface area contributed by atoms with Crippen LogP contribution in [0.25, 0.3) is 16.9 Å². The lowest BCUT2D eigenvalue weighted by atomic mass is 10.1. The van der Waals surface area contributed by atoms with E-state index < -0.39 is 11.5 Å². The molecule has 3 heterocycles. The summed E-state index contributed by atoms with van der Waals surface area (Å²) in [4.78, 5) is 33.7. The lowest BCUT2D eigenvalue weighted by Crippen LogP contribution is -2.26. The van der Waals surface area contributed by atoms with Crippen molar-refractivity contribution in [3.63, 3.8) is 0 Å². The van der Waals surface area contributed by atoms with E-state index in [1.807, 2.05) is 30.5 Å². The molecule has 0 saturated heterocycles. The number of aryl methyl sites for hydroxylation is 1. The number of aromatic nitrogens is 3. The van der Waals surface area contributed by atoms with Gasteiger partial charge >= 0.3 is 0 Å². The Labute approximate surface area is 152 Å². The molecule has 0 fully saturated rings. The minimum Gasteiger partial charge on any atom is -0.322 e. The Morgan fingerprint density at radius 1 is 1.19 bits per heavy atom. The average molecular weight is 362 g/mol. The zero-order valence-electron chi connectivity index (χ0n) is 13.8. The molecule has 26 heavy (non-hydrogen) atoms. The molecule has 0 aliphatic rings. The normalized spacial score (nSPS) is 10.8. The number of pyridine rings is 1. The number of carbonyl (C=O) groups is 1. The van der Waals surface area contributed by atoms with Gasteiger partial charge in [0.2, 0.25) is 0 Å². The molecule has 0 unspecified atom stereocenters. The quantitative estimate of drug-likeness (QED) is 0.606. The third-order valence-corrected chi connectivity index (χ3v) is 4.67. The highest BCUT2D eigenvalue weighted by molar-refractivity contribution is 7.09. The standard InChI is InChI=1S/C19H14N4O2S/c1-12-21-16(11-26-12)13-5-4-6-14(9-13)22-18(24)15-10-20-17-7-2-3-8-23(17)19(15)25/h2-11H,1H3,(H,22,24). The van der Waals surface area contributed by atoms with Crippen molar-refractivity contribution in [3.05, 3.63) is 81.2 Å². The summed E-state index contributed by atoms with van der Waals surface area (Å²) in [6.45, 7) is 1.94. The van der Waals surface area contributed by atoms with Crippen LogP contribution >= 0.6 is 11.3 Å². The number of hydrogen-bond acceptors (Lipinski definition) is 5. The largest absolute Gasteiger partial charge is 0.322 e. The predicted molar refractivity (Wildman–Crippen MR) is 102 cm³/mol. The number of thiazole rings is 1. The molecule has 0 bridgehead atoms. The summed E-state index contributed by atoms with van der Waals surface area (Å²) in [5.74, 6) is -0.493. The van der Waals surface area contributed by atoms with E-state index in [-0.39, 0.29) is 5.56 Å². The Kier molecular flexibility index (Phi) is 4.06. The van der Waals surface area contributed by atoms with Gasteiger partial charge in [-0.2, -0.15) is 0 Å². The Hall–Kier alpha value is -3.32. The van der Waals surface area contributed by atoms with Crippen LogP contribution in [-0.4, -0.2) is 20.3 Å². The number of anilines is 1. The van der Waals surface area contributed by atoms with E-state index in [0.29, 0.717) is 11.3 Å². The number of fused-ring (bicyclic) bond motifs is 1. The molecule has 4 rings (SSSR count). The predicted octanol–water partition coefficient (Wildman–Crippen LogP) is 3.38. The van der Waals surface area contributed by atoms with Crippen molar-refractivity contribution in [2.45, 2.75) is 6.92 Å². The topological polar surface area (TPSA) is 76.4 Å². The van der Waals surface area contributed by atoms with Crippen LogP contribution < -0.4 is 10.9 Å². The summed E-state index contributed by atoms with van der Waals surface area (Å²) in [6.07, 6.45) is 2.90. The van der Waals surface area contributed by atoms with Crippen LogP contribution in [0, 0.1) is 6.92 Å². The summed E-state index contributed by atoms with van der Waals surface area (Å²) in [5.41, 5.74) is 2.44. The molecular weight excluding hydrogens is 348 g/mol. The molecule has 0 aliphatic heterocycles. The number of carbonyl (C=O) groups excluding carboxylic acids is 1. The van der Waals surface area contributed by atoms with Crippen LogP contribution in [-0.2, 0) is 0 Å². The maximum Gasteiger partial charge on any atom is 0.270 e. The second-order valence-corrected chi connectivity index (χ2v) is 6.75. The summed E-state index contributed by atoms with van der Waals surface area (Å²) < 4.78 is 1.35. The first-order chi connectivity index (χ1) is 12.6. The summed E-state index contributed by atoms with van der Waals surface area (Å²) in [6, 6.07) is 12.6. The Balaban J connectivity index is 1.65. The Morgan fingerprint density at radius 3 is 2.88 bits per heavy atom. The molecule has 1 aromatic carbocycles. The van der Waals surface area contributed by atoms with Gasteiger partial charge in [-0.1, -0.05) is 18.2 Å². The van der Waals surface area contributed by atoms with Crippen molar-refractivity contribution in [3.8, 4) is 11.3 Å². The van der Waals surface area contributed by atoms with E-state index in [4.69, 9.17) is 0 Å². The second-order valence-electron chi connectivity index (χ2n) is 5.69. The van der Waals surface area contributed by atoms with Crippen LogP contribution in [0.5, 0.6) is 0 Å². The molecule has 0 spiro atoms. The molecule has 4 aromatic rings. The average Bonchev–Trinajstić information content (AvgIpc) is 3.09. The number of rotatable bonds is 3. The van der Waals surface area contributed by atoms with E-state index in [1.54, 1.807) is 41.8 Å². The lowest BCUT2D eigenvalue weighted by molar-refractivity contribution is 0.102. The van der Waals surface area contributed by atoms with E-state index in [9.17, 15) is 9.59 Å². The number of amides is 1. The van der Waals surface area contributed by atoms with Gasteiger partial charge < -0.3 is 5.32 Å². The summed E-state index contributed by atoms with van der Waals surface area (Å²) in [7, 11) is 0. The maximum atomic E-state index is 12.6. The highest BCUT2D eigenvalue weighted by atomic mass is 32.1. The van der Waals surface area contributed by atoms with Crippen molar-refractivity contribution in [2.24, 2.45) is 0 Å². The molecule has 6 nitrogen and oxygen atoms in total. The van der Waals surface area contributed by atoms with E-state index in [2.05, 4.69) is 15.3 Å². The molecular formula is C19H14N4O2S. The van der Waals surface area contributed by atoms with Gasteiger partial charge in [0.1, 0.15) is 11.2 Å². The van der Waals surface area contributed by atoms with Crippen molar-refractivity contribution >= 4 is 28.6 Å². The van der Waals surface area contributed by atoms with Gasteiger partial charge in [0.25, 0.3) is 11.5 Å². The van der Waals surface area contributed by atoms with E-state index in [1.165, 1.54) is 10.6 Å². The van der Waals surface area contributed by atoms with Gasteiger partial charge in [0, 0.05) is 29.0 Å². The van der Waals surface area contributed by atoms with Crippen LogP contribution in [0.2, 0.25) is 0 Å². The Bertz CT molecular complexity index is 1180. The fraction of sp³-hybridized carbons (Fsp3) is 0.0526. The highest BCUT2D eigenvalue weighted by Crippen LogP contribution is 2.24. The summed E-state index contributed by atoms with van der Waals surface area (Å²) >= 11 is 1.57. The van der Waals surface area contributed by atoms with Gasteiger partial charge in [-0.05, 0) is 31.2 Å². The Morgan fingerprint density at radius 2 is 2.08 bits per heavy atom. The molecule has 128 valence electrons. The first-order valence-corrected chi connectivity index (χ1v) is 8.80. The van der Waals surface area contributed by atoms with Crippen LogP contribution in [0.3, 0.4) is 0 Å². The first kappa shape index (κ1) is 16.2.